The Kier molecular flexibility index (Phi) is 4.81. The molecule has 2 atom stereocenters. The maximum Gasteiger partial charge on any atom is 0.0252 e. The van der Waals surface area contributed by atoms with Crippen LogP contribution in [0.1, 0.15) is 59.8 Å². The number of nitrogens with two attached hydrogens (primary N) is 1. The second kappa shape index (κ2) is 5.50. The number of nitrogens with zero attached hydrogens (tertiary/aromatic N) is 1. The molecule has 1 aliphatic rings. The zero-order valence-corrected chi connectivity index (χ0v) is 11.8. The fraction of sp³-hybridized carbons (Fsp3) is 1.00. The summed E-state index contributed by atoms with van der Waals surface area (Å²) in [5, 5.41) is 0. The van der Waals surface area contributed by atoms with Gasteiger partial charge in [0.2, 0.25) is 0 Å². The lowest BCUT2D eigenvalue weighted by atomic mass is 9.72. The van der Waals surface area contributed by atoms with E-state index in [4.69, 9.17) is 5.73 Å². The highest BCUT2D eigenvalue weighted by molar-refractivity contribution is 4.93. The second-order valence-corrected chi connectivity index (χ2v) is 6.27. The Morgan fingerprint density at radius 2 is 1.88 bits per heavy atom. The Bertz CT molecular complexity index is 209. The summed E-state index contributed by atoms with van der Waals surface area (Å²) in [5.41, 5.74) is 6.78. The molecule has 0 radical (unpaired) electrons. The summed E-state index contributed by atoms with van der Waals surface area (Å²) in [5.74, 6) is 0. The van der Waals surface area contributed by atoms with Crippen LogP contribution in [0.3, 0.4) is 0 Å². The first-order valence-corrected chi connectivity index (χ1v) is 6.88. The minimum absolute atomic E-state index is 0.374. The first-order chi connectivity index (χ1) is 7.41. The molecule has 0 bridgehead atoms. The molecule has 2 nitrogen and oxygen atoms in total. The molecule has 16 heavy (non-hydrogen) atoms. The van der Waals surface area contributed by atoms with Crippen molar-refractivity contribution >= 4 is 0 Å². The summed E-state index contributed by atoms with van der Waals surface area (Å²) in [6.45, 7) is 9.33. The highest BCUT2D eigenvalue weighted by atomic mass is 15.2. The third kappa shape index (κ3) is 3.21. The van der Waals surface area contributed by atoms with Crippen LogP contribution in [0.5, 0.6) is 0 Å². The Morgan fingerprint density at radius 3 is 2.38 bits per heavy atom. The zero-order chi connectivity index (χ0) is 12.3. The lowest BCUT2D eigenvalue weighted by molar-refractivity contribution is 0.0640. The maximum absolute atomic E-state index is 6.31. The molecule has 0 spiro atoms. The van der Waals surface area contributed by atoms with Gasteiger partial charge in [-0.2, -0.15) is 0 Å². The average Bonchev–Trinajstić information content (AvgIpc) is 2.23. The molecule has 0 amide bonds. The van der Waals surface area contributed by atoms with Gasteiger partial charge in [-0.15, -0.1) is 0 Å². The molecule has 0 aliphatic heterocycles. The van der Waals surface area contributed by atoms with E-state index in [9.17, 15) is 0 Å². The van der Waals surface area contributed by atoms with E-state index in [1.807, 2.05) is 0 Å². The Morgan fingerprint density at radius 1 is 1.31 bits per heavy atom. The summed E-state index contributed by atoms with van der Waals surface area (Å²) in [6.07, 6.45) is 6.18. The molecule has 1 saturated carbocycles. The molecule has 0 aromatic rings. The molecule has 2 heteroatoms. The van der Waals surface area contributed by atoms with Gasteiger partial charge in [0.05, 0.1) is 0 Å². The van der Waals surface area contributed by atoms with Gasteiger partial charge in [0.25, 0.3) is 0 Å². The average molecular weight is 226 g/mol. The van der Waals surface area contributed by atoms with Crippen molar-refractivity contribution in [3.05, 3.63) is 0 Å². The van der Waals surface area contributed by atoms with Crippen LogP contribution in [-0.4, -0.2) is 30.1 Å². The second-order valence-electron chi connectivity index (χ2n) is 6.27. The van der Waals surface area contributed by atoms with Gasteiger partial charge in [0.15, 0.2) is 0 Å². The molecular formula is C14H30N2. The van der Waals surface area contributed by atoms with E-state index in [0.29, 0.717) is 23.5 Å². The van der Waals surface area contributed by atoms with Crippen molar-refractivity contribution in [1.29, 1.82) is 0 Å². The normalized spacial score (nSPS) is 30.0. The topological polar surface area (TPSA) is 29.3 Å². The minimum atomic E-state index is 0.374. The van der Waals surface area contributed by atoms with Gasteiger partial charge in [-0.25, -0.2) is 0 Å². The molecule has 2 unspecified atom stereocenters. The van der Waals surface area contributed by atoms with Crippen LogP contribution in [-0.2, 0) is 0 Å². The van der Waals surface area contributed by atoms with Crippen LogP contribution in [0, 0.1) is 5.41 Å². The summed E-state index contributed by atoms with van der Waals surface area (Å²) in [7, 11) is 2.27. The van der Waals surface area contributed by atoms with E-state index >= 15 is 0 Å². The standard InChI is InChI=1S/C14H30N2/c1-6-11(7-2)16(5)13-10-14(3,4)9-8-12(13)15/h11-13H,6-10,15H2,1-5H3. The van der Waals surface area contributed by atoms with E-state index in [2.05, 4.69) is 39.6 Å². The highest BCUT2D eigenvalue weighted by Crippen LogP contribution is 2.37. The van der Waals surface area contributed by atoms with E-state index < -0.39 is 0 Å². The van der Waals surface area contributed by atoms with E-state index in [0.717, 1.165) is 0 Å². The first-order valence-electron chi connectivity index (χ1n) is 6.88. The first kappa shape index (κ1) is 14.0. The van der Waals surface area contributed by atoms with Crippen LogP contribution in [0.2, 0.25) is 0 Å². The van der Waals surface area contributed by atoms with Gasteiger partial charge >= 0.3 is 0 Å². The fourth-order valence-electron chi connectivity index (χ4n) is 3.15. The molecule has 2 N–H and O–H groups in total. The molecule has 0 aromatic heterocycles. The monoisotopic (exact) mass is 226 g/mol. The lowest BCUT2D eigenvalue weighted by Crippen LogP contribution is -2.54. The van der Waals surface area contributed by atoms with Gasteiger partial charge in [-0.05, 0) is 44.6 Å². The van der Waals surface area contributed by atoms with Gasteiger partial charge in [0.1, 0.15) is 0 Å². The predicted molar refractivity (Wildman–Crippen MR) is 71.5 cm³/mol. The van der Waals surface area contributed by atoms with Crippen LogP contribution >= 0.6 is 0 Å². The summed E-state index contributed by atoms with van der Waals surface area (Å²) in [6, 6.07) is 1.65. The van der Waals surface area contributed by atoms with Crippen LogP contribution in [0.15, 0.2) is 0 Å². The van der Waals surface area contributed by atoms with Gasteiger partial charge in [-0.3, -0.25) is 4.90 Å². The summed E-state index contributed by atoms with van der Waals surface area (Å²) < 4.78 is 0. The molecule has 0 saturated heterocycles. The Labute approximate surface area is 102 Å². The molecule has 0 aromatic carbocycles. The fourth-order valence-corrected chi connectivity index (χ4v) is 3.15. The zero-order valence-electron chi connectivity index (χ0n) is 11.8. The van der Waals surface area contributed by atoms with Gasteiger partial charge < -0.3 is 5.73 Å². The summed E-state index contributed by atoms with van der Waals surface area (Å²) >= 11 is 0. The van der Waals surface area contributed by atoms with Crippen molar-refractivity contribution < 1.29 is 0 Å². The number of rotatable bonds is 4. The van der Waals surface area contributed by atoms with E-state index in [1.54, 1.807) is 0 Å². The number of likely N-dealkylation sites (N-methyl/N-ethyl adjacent to an activating group) is 1. The van der Waals surface area contributed by atoms with Crippen molar-refractivity contribution in [2.75, 3.05) is 7.05 Å². The molecular weight excluding hydrogens is 196 g/mol. The van der Waals surface area contributed by atoms with Crippen molar-refractivity contribution in [1.82, 2.24) is 4.90 Å². The van der Waals surface area contributed by atoms with Crippen molar-refractivity contribution in [3.8, 4) is 0 Å². The smallest absolute Gasteiger partial charge is 0.0252 e. The number of hydrogen-bond acceptors (Lipinski definition) is 2. The van der Waals surface area contributed by atoms with Crippen molar-refractivity contribution in [2.24, 2.45) is 11.1 Å². The third-order valence-corrected chi connectivity index (χ3v) is 4.45. The molecule has 1 aliphatic carbocycles. The van der Waals surface area contributed by atoms with E-state index in [-0.39, 0.29) is 0 Å². The van der Waals surface area contributed by atoms with Gasteiger partial charge in [-0.1, -0.05) is 27.7 Å². The molecule has 96 valence electrons. The third-order valence-electron chi connectivity index (χ3n) is 4.45. The number of hydrogen-bond donors (Lipinski definition) is 1. The Balaban J connectivity index is 2.68. The minimum Gasteiger partial charge on any atom is -0.326 e. The van der Waals surface area contributed by atoms with Crippen LogP contribution in [0.25, 0.3) is 0 Å². The maximum atomic E-state index is 6.31. The predicted octanol–water partition coefficient (Wildman–Crippen LogP) is 3.01. The SMILES string of the molecule is CCC(CC)N(C)C1CC(C)(C)CCC1N. The Hall–Kier alpha value is -0.0800. The van der Waals surface area contributed by atoms with Crippen LogP contribution < -0.4 is 5.73 Å². The van der Waals surface area contributed by atoms with Crippen molar-refractivity contribution in [3.63, 3.8) is 0 Å². The largest absolute Gasteiger partial charge is 0.326 e. The quantitative estimate of drug-likeness (QED) is 0.798. The van der Waals surface area contributed by atoms with Crippen LogP contribution in [0.4, 0.5) is 0 Å². The van der Waals surface area contributed by atoms with E-state index in [1.165, 1.54) is 32.1 Å². The highest BCUT2D eigenvalue weighted by Gasteiger charge is 2.36. The molecule has 0 heterocycles. The summed E-state index contributed by atoms with van der Waals surface area (Å²) in [4.78, 5) is 2.55. The molecule has 1 rings (SSSR count). The van der Waals surface area contributed by atoms with Gasteiger partial charge in [0, 0.05) is 18.1 Å². The lowest BCUT2D eigenvalue weighted by Gasteiger charge is -2.45. The molecule has 1 fully saturated rings. The van der Waals surface area contributed by atoms with Crippen molar-refractivity contribution in [2.45, 2.75) is 77.9 Å².